The molecule has 1 aliphatic heterocycles. The van der Waals surface area contributed by atoms with Crippen molar-refractivity contribution in [3.05, 3.63) is 30.3 Å². The molecular formula is C23H30N4O3. The number of amides is 2. The Morgan fingerprint density at radius 1 is 1.03 bits per heavy atom. The van der Waals surface area contributed by atoms with E-state index in [1.807, 2.05) is 18.2 Å². The molecule has 0 bridgehead atoms. The smallest absolute Gasteiger partial charge is 0.239 e. The molecule has 7 nitrogen and oxygen atoms in total. The van der Waals surface area contributed by atoms with E-state index in [1.165, 1.54) is 19.3 Å². The van der Waals surface area contributed by atoms with Gasteiger partial charge in [-0.1, -0.05) is 31.4 Å². The average Bonchev–Trinajstić information content (AvgIpc) is 2.78. The highest BCUT2D eigenvalue weighted by Crippen LogP contribution is 2.27. The SMILES string of the molecule is O=C(CNC(=O)C1CCN(c2ccc3cccc(O)c3n2)CC1)NC1CCCCC1. The highest BCUT2D eigenvalue weighted by atomic mass is 16.3. The summed E-state index contributed by atoms with van der Waals surface area (Å²) in [6.45, 7) is 1.50. The van der Waals surface area contributed by atoms with Crippen molar-refractivity contribution in [2.45, 2.75) is 51.0 Å². The molecule has 0 atom stereocenters. The zero-order valence-corrected chi connectivity index (χ0v) is 17.3. The summed E-state index contributed by atoms with van der Waals surface area (Å²) in [4.78, 5) is 31.4. The molecule has 7 heteroatoms. The van der Waals surface area contributed by atoms with Crippen molar-refractivity contribution in [2.24, 2.45) is 5.92 Å². The molecule has 0 spiro atoms. The largest absolute Gasteiger partial charge is 0.506 e. The molecule has 3 N–H and O–H groups in total. The predicted molar refractivity (Wildman–Crippen MR) is 116 cm³/mol. The molecule has 0 radical (unpaired) electrons. The first-order valence-corrected chi connectivity index (χ1v) is 11.0. The van der Waals surface area contributed by atoms with E-state index < -0.39 is 0 Å². The van der Waals surface area contributed by atoms with Crippen LogP contribution in [0.3, 0.4) is 0 Å². The maximum Gasteiger partial charge on any atom is 0.239 e. The first-order valence-electron chi connectivity index (χ1n) is 11.0. The van der Waals surface area contributed by atoms with E-state index in [0.29, 0.717) is 5.52 Å². The third kappa shape index (κ3) is 4.83. The van der Waals surface area contributed by atoms with Crippen LogP contribution in [-0.4, -0.2) is 47.6 Å². The Morgan fingerprint density at radius 3 is 2.57 bits per heavy atom. The first kappa shape index (κ1) is 20.4. The van der Waals surface area contributed by atoms with Crippen LogP contribution in [0.25, 0.3) is 10.9 Å². The molecule has 2 aromatic rings. The van der Waals surface area contributed by atoms with Crippen LogP contribution < -0.4 is 15.5 Å². The number of rotatable bonds is 5. The van der Waals surface area contributed by atoms with Crippen molar-refractivity contribution < 1.29 is 14.7 Å². The van der Waals surface area contributed by atoms with E-state index >= 15 is 0 Å². The van der Waals surface area contributed by atoms with E-state index in [2.05, 4.69) is 20.5 Å². The number of hydrogen-bond acceptors (Lipinski definition) is 5. The molecule has 1 aliphatic carbocycles. The second-order valence-electron chi connectivity index (χ2n) is 8.40. The average molecular weight is 411 g/mol. The molecule has 2 amide bonds. The van der Waals surface area contributed by atoms with Crippen LogP contribution in [0.5, 0.6) is 5.75 Å². The van der Waals surface area contributed by atoms with Gasteiger partial charge in [0.15, 0.2) is 0 Å². The maximum absolute atomic E-state index is 12.5. The number of aromatic nitrogens is 1. The number of phenols is 1. The Balaban J connectivity index is 1.25. The Bertz CT molecular complexity index is 902. The zero-order valence-electron chi connectivity index (χ0n) is 17.3. The zero-order chi connectivity index (χ0) is 20.9. The molecule has 0 unspecified atom stereocenters. The van der Waals surface area contributed by atoms with Crippen LogP contribution in [0.4, 0.5) is 5.82 Å². The maximum atomic E-state index is 12.5. The van der Waals surface area contributed by atoms with Gasteiger partial charge in [0.25, 0.3) is 0 Å². The lowest BCUT2D eigenvalue weighted by Gasteiger charge is -2.32. The topological polar surface area (TPSA) is 94.6 Å². The minimum Gasteiger partial charge on any atom is -0.506 e. The number of para-hydroxylation sites is 1. The number of aromatic hydroxyl groups is 1. The van der Waals surface area contributed by atoms with Gasteiger partial charge in [-0.3, -0.25) is 9.59 Å². The summed E-state index contributed by atoms with van der Waals surface area (Å²) in [7, 11) is 0. The molecule has 1 saturated heterocycles. The van der Waals surface area contributed by atoms with Crippen molar-refractivity contribution in [1.82, 2.24) is 15.6 Å². The second kappa shape index (κ2) is 9.32. The molecule has 4 rings (SSSR count). The normalized spacial score (nSPS) is 18.3. The number of benzene rings is 1. The summed E-state index contributed by atoms with van der Waals surface area (Å²) >= 11 is 0. The summed E-state index contributed by atoms with van der Waals surface area (Å²) in [6, 6.07) is 9.55. The standard InChI is InChI=1S/C23H30N4O3/c28-19-8-4-5-16-9-10-20(26-22(16)19)27-13-11-17(12-14-27)23(30)24-15-21(29)25-18-6-2-1-3-7-18/h4-5,8-10,17-18,28H,1-3,6-7,11-15H2,(H,24,30)(H,25,29). The molecule has 1 saturated carbocycles. The third-order valence-corrected chi connectivity index (χ3v) is 6.27. The van der Waals surface area contributed by atoms with Gasteiger partial charge in [-0.05, 0) is 43.9 Å². The number of nitrogens with zero attached hydrogens (tertiary/aromatic N) is 2. The number of pyridine rings is 1. The van der Waals surface area contributed by atoms with Gasteiger partial charge in [-0.15, -0.1) is 0 Å². The number of anilines is 1. The number of carbonyl (C=O) groups excluding carboxylic acids is 2. The van der Waals surface area contributed by atoms with Gasteiger partial charge in [0.1, 0.15) is 17.1 Å². The van der Waals surface area contributed by atoms with E-state index in [-0.39, 0.29) is 36.1 Å². The van der Waals surface area contributed by atoms with Gasteiger partial charge in [0.2, 0.25) is 11.8 Å². The molecule has 2 heterocycles. The van der Waals surface area contributed by atoms with E-state index in [4.69, 9.17) is 0 Å². The van der Waals surface area contributed by atoms with Crippen LogP contribution in [0.15, 0.2) is 30.3 Å². The highest BCUT2D eigenvalue weighted by Gasteiger charge is 2.26. The van der Waals surface area contributed by atoms with Crippen LogP contribution in [0.1, 0.15) is 44.9 Å². The first-order chi connectivity index (χ1) is 14.6. The van der Waals surface area contributed by atoms with Crippen molar-refractivity contribution >= 4 is 28.5 Å². The van der Waals surface area contributed by atoms with Crippen molar-refractivity contribution in [3.8, 4) is 5.75 Å². The van der Waals surface area contributed by atoms with Crippen molar-refractivity contribution in [3.63, 3.8) is 0 Å². The fraction of sp³-hybridized carbons (Fsp3) is 0.522. The molecule has 2 aliphatic rings. The number of fused-ring (bicyclic) bond motifs is 1. The van der Waals surface area contributed by atoms with Gasteiger partial charge in [-0.25, -0.2) is 4.98 Å². The lowest BCUT2D eigenvalue weighted by atomic mass is 9.95. The number of carbonyl (C=O) groups is 2. The van der Waals surface area contributed by atoms with Crippen LogP contribution in [0, 0.1) is 5.92 Å². The summed E-state index contributed by atoms with van der Waals surface area (Å²) in [5, 5.41) is 16.8. The van der Waals surface area contributed by atoms with E-state index in [1.54, 1.807) is 12.1 Å². The number of phenolic OH excluding ortho intramolecular Hbond substituents is 1. The van der Waals surface area contributed by atoms with Crippen molar-refractivity contribution in [1.29, 1.82) is 0 Å². The lowest BCUT2D eigenvalue weighted by molar-refractivity contribution is -0.129. The van der Waals surface area contributed by atoms with E-state index in [9.17, 15) is 14.7 Å². The minimum atomic E-state index is -0.0899. The Labute approximate surface area is 176 Å². The van der Waals surface area contributed by atoms with E-state index in [0.717, 1.165) is 50.0 Å². The summed E-state index contributed by atoms with van der Waals surface area (Å²) in [5.41, 5.74) is 0.596. The Hall–Kier alpha value is -2.83. The summed E-state index contributed by atoms with van der Waals surface area (Å²) in [5.74, 6) is 0.771. The van der Waals surface area contributed by atoms with Crippen LogP contribution >= 0.6 is 0 Å². The van der Waals surface area contributed by atoms with Gasteiger partial charge < -0.3 is 20.6 Å². The molecular weight excluding hydrogens is 380 g/mol. The summed E-state index contributed by atoms with van der Waals surface area (Å²) in [6.07, 6.45) is 7.10. The summed E-state index contributed by atoms with van der Waals surface area (Å²) < 4.78 is 0. The molecule has 160 valence electrons. The Morgan fingerprint density at radius 2 is 1.80 bits per heavy atom. The van der Waals surface area contributed by atoms with Crippen molar-refractivity contribution in [2.75, 3.05) is 24.5 Å². The quantitative estimate of drug-likeness (QED) is 0.705. The number of hydrogen-bond donors (Lipinski definition) is 3. The lowest BCUT2D eigenvalue weighted by Crippen LogP contribution is -2.46. The van der Waals surface area contributed by atoms with Crippen LogP contribution in [0.2, 0.25) is 0 Å². The number of piperidine rings is 1. The Kier molecular flexibility index (Phi) is 6.35. The fourth-order valence-corrected chi connectivity index (χ4v) is 4.51. The minimum absolute atomic E-state index is 0.0439. The number of nitrogens with one attached hydrogen (secondary N) is 2. The molecule has 30 heavy (non-hydrogen) atoms. The molecule has 2 fully saturated rings. The molecule has 1 aromatic carbocycles. The van der Waals surface area contributed by atoms with Gasteiger partial charge in [-0.2, -0.15) is 0 Å². The molecule has 1 aromatic heterocycles. The third-order valence-electron chi connectivity index (χ3n) is 6.27. The fourth-order valence-electron chi connectivity index (χ4n) is 4.51. The van der Waals surface area contributed by atoms with Gasteiger partial charge in [0, 0.05) is 30.4 Å². The predicted octanol–water partition coefficient (Wildman–Crippen LogP) is 2.72. The second-order valence-corrected chi connectivity index (χ2v) is 8.40. The highest BCUT2D eigenvalue weighted by molar-refractivity contribution is 5.87. The van der Waals surface area contributed by atoms with Gasteiger partial charge >= 0.3 is 0 Å². The monoisotopic (exact) mass is 410 g/mol. The van der Waals surface area contributed by atoms with Crippen LogP contribution in [-0.2, 0) is 9.59 Å². The van der Waals surface area contributed by atoms with Gasteiger partial charge in [0.05, 0.1) is 6.54 Å².